The van der Waals surface area contributed by atoms with Gasteiger partial charge < -0.3 is 11.1 Å². The van der Waals surface area contributed by atoms with Gasteiger partial charge in [-0.1, -0.05) is 0 Å². The summed E-state index contributed by atoms with van der Waals surface area (Å²) in [7, 11) is 0. The van der Waals surface area contributed by atoms with Gasteiger partial charge in [0, 0.05) is 6.20 Å². The number of hydrogen-bond donors (Lipinski definition) is 2. The monoisotopic (exact) mass is 295 g/mol. The van der Waals surface area contributed by atoms with E-state index in [1.54, 1.807) is 36.9 Å². The highest BCUT2D eigenvalue weighted by Gasteiger charge is 2.11. The van der Waals surface area contributed by atoms with Gasteiger partial charge in [0.05, 0.1) is 35.5 Å². The van der Waals surface area contributed by atoms with Crippen LogP contribution in [0.25, 0.3) is 5.69 Å². The fourth-order valence-corrected chi connectivity index (χ4v) is 1.97. The van der Waals surface area contributed by atoms with Gasteiger partial charge in [0.2, 0.25) is 0 Å². The molecule has 3 aromatic heterocycles. The number of carbonyl (C=O) groups is 1. The minimum absolute atomic E-state index is 0.307. The number of primary amides is 1. The first-order valence-electron chi connectivity index (χ1n) is 6.50. The maximum atomic E-state index is 11.4. The van der Waals surface area contributed by atoms with Crippen molar-refractivity contribution in [2.24, 2.45) is 5.73 Å². The molecule has 3 heterocycles. The SMILES string of the molecule is Cc1ncc(Nc2ncccc2C(N)=O)cc1-n1nccn1. The average Bonchev–Trinajstić information content (AvgIpc) is 3.03. The van der Waals surface area contributed by atoms with Crippen molar-refractivity contribution in [1.29, 1.82) is 0 Å². The molecule has 3 aromatic rings. The number of nitrogens with zero attached hydrogens (tertiary/aromatic N) is 5. The van der Waals surface area contributed by atoms with Crippen molar-refractivity contribution >= 4 is 17.4 Å². The molecule has 110 valence electrons. The van der Waals surface area contributed by atoms with Gasteiger partial charge in [0.15, 0.2) is 0 Å². The molecule has 0 aliphatic heterocycles. The van der Waals surface area contributed by atoms with Crippen LogP contribution in [0, 0.1) is 6.92 Å². The normalized spacial score (nSPS) is 10.4. The summed E-state index contributed by atoms with van der Waals surface area (Å²) in [5.74, 6) is -0.176. The summed E-state index contributed by atoms with van der Waals surface area (Å²) in [6, 6.07) is 5.08. The van der Waals surface area contributed by atoms with E-state index in [0.717, 1.165) is 11.4 Å². The third-order valence-corrected chi connectivity index (χ3v) is 3.03. The summed E-state index contributed by atoms with van der Waals surface area (Å²) in [5, 5.41) is 11.2. The summed E-state index contributed by atoms with van der Waals surface area (Å²) < 4.78 is 0. The lowest BCUT2D eigenvalue weighted by Gasteiger charge is -2.10. The van der Waals surface area contributed by atoms with Gasteiger partial charge in [-0.15, -0.1) is 4.80 Å². The third-order valence-electron chi connectivity index (χ3n) is 3.03. The number of aromatic nitrogens is 5. The highest BCUT2D eigenvalue weighted by Crippen LogP contribution is 2.20. The highest BCUT2D eigenvalue weighted by molar-refractivity contribution is 5.98. The van der Waals surface area contributed by atoms with Gasteiger partial charge in [-0.2, -0.15) is 10.2 Å². The Bertz CT molecular complexity index is 814. The van der Waals surface area contributed by atoms with Crippen molar-refractivity contribution in [1.82, 2.24) is 25.0 Å². The highest BCUT2D eigenvalue weighted by atomic mass is 16.1. The summed E-state index contributed by atoms with van der Waals surface area (Å²) >= 11 is 0. The number of carbonyl (C=O) groups excluding carboxylic acids is 1. The topological polar surface area (TPSA) is 112 Å². The average molecular weight is 295 g/mol. The summed E-state index contributed by atoms with van der Waals surface area (Å²) in [4.78, 5) is 21.3. The fraction of sp³-hybridized carbons (Fsp3) is 0.0714. The Kier molecular flexibility index (Phi) is 3.48. The van der Waals surface area contributed by atoms with E-state index in [4.69, 9.17) is 5.73 Å². The molecule has 22 heavy (non-hydrogen) atoms. The largest absolute Gasteiger partial charge is 0.365 e. The Morgan fingerprint density at radius 2 is 2.00 bits per heavy atom. The number of aryl methyl sites for hydroxylation is 1. The summed E-state index contributed by atoms with van der Waals surface area (Å²) in [6.07, 6.45) is 6.39. The molecular weight excluding hydrogens is 282 g/mol. The zero-order chi connectivity index (χ0) is 15.5. The molecule has 8 nitrogen and oxygen atoms in total. The first-order valence-corrected chi connectivity index (χ1v) is 6.50. The lowest BCUT2D eigenvalue weighted by molar-refractivity contribution is 0.100. The molecule has 0 atom stereocenters. The van der Waals surface area contributed by atoms with Crippen molar-refractivity contribution in [3.63, 3.8) is 0 Å². The summed E-state index contributed by atoms with van der Waals surface area (Å²) in [6.45, 7) is 1.86. The van der Waals surface area contributed by atoms with Gasteiger partial charge in [0.1, 0.15) is 11.5 Å². The Labute approximate surface area is 126 Å². The molecule has 0 saturated carbocycles. The van der Waals surface area contributed by atoms with E-state index in [9.17, 15) is 4.79 Å². The molecule has 0 saturated heterocycles. The maximum Gasteiger partial charge on any atom is 0.252 e. The number of anilines is 2. The molecule has 0 aliphatic rings. The molecule has 1 amide bonds. The second kappa shape index (κ2) is 5.60. The quantitative estimate of drug-likeness (QED) is 0.748. The molecule has 0 fully saturated rings. The van der Waals surface area contributed by atoms with Crippen LogP contribution in [0.3, 0.4) is 0 Å². The van der Waals surface area contributed by atoms with E-state index >= 15 is 0 Å². The van der Waals surface area contributed by atoms with E-state index < -0.39 is 5.91 Å². The molecule has 8 heteroatoms. The van der Waals surface area contributed by atoms with E-state index in [2.05, 4.69) is 25.5 Å². The zero-order valence-electron chi connectivity index (χ0n) is 11.8. The molecule has 0 unspecified atom stereocenters. The van der Waals surface area contributed by atoms with E-state index in [0.29, 0.717) is 17.1 Å². The van der Waals surface area contributed by atoms with Gasteiger partial charge in [-0.3, -0.25) is 9.78 Å². The van der Waals surface area contributed by atoms with Gasteiger partial charge in [-0.05, 0) is 25.1 Å². The second-order valence-electron chi connectivity index (χ2n) is 4.54. The second-order valence-corrected chi connectivity index (χ2v) is 4.54. The number of nitrogens with two attached hydrogens (primary N) is 1. The minimum Gasteiger partial charge on any atom is -0.365 e. The lowest BCUT2D eigenvalue weighted by Crippen LogP contribution is -2.14. The van der Waals surface area contributed by atoms with Gasteiger partial charge in [0.25, 0.3) is 5.91 Å². The Morgan fingerprint density at radius 3 is 2.73 bits per heavy atom. The third kappa shape index (κ3) is 2.62. The van der Waals surface area contributed by atoms with Crippen LogP contribution in [0.1, 0.15) is 16.1 Å². The van der Waals surface area contributed by atoms with Gasteiger partial charge >= 0.3 is 0 Å². The lowest BCUT2D eigenvalue weighted by atomic mass is 10.2. The minimum atomic E-state index is -0.551. The fourth-order valence-electron chi connectivity index (χ4n) is 1.97. The zero-order valence-corrected chi connectivity index (χ0v) is 11.8. The van der Waals surface area contributed by atoms with Crippen molar-refractivity contribution in [3.05, 3.63) is 54.2 Å². The number of pyridine rings is 2. The first kappa shape index (κ1) is 13.7. The Morgan fingerprint density at radius 1 is 1.23 bits per heavy atom. The van der Waals surface area contributed by atoms with Gasteiger partial charge in [-0.25, -0.2) is 4.98 Å². The smallest absolute Gasteiger partial charge is 0.252 e. The van der Waals surface area contributed by atoms with Crippen LogP contribution in [0.5, 0.6) is 0 Å². The molecular formula is C14H13N7O. The standard InChI is InChI=1S/C14H13N7O/c1-9-12(21-18-5-6-19-21)7-10(8-17-9)20-14-11(13(15)22)3-2-4-16-14/h2-8H,1H3,(H2,15,22)(H,16,20). The van der Waals surface area contributed by atoms with Crippen molar-refractivity contribution < 1.29 is 4.79 Å². The van der Waals surface area contributed by atoms with Crippen molar-refractivity contribution in [3.8, 4) is 5.69 Å². The van der Waals surface area contributed by atoms with E-state index in [-0.39, 0.29) is 0 Å². The molecule has 0 aliphatic carbocycles. The molecule has 0 spiro atoms. The van der Waals surface area contributed by atoms with Crippen LogP contribution in [0.15, 0.2) is 43.0 Å². The van der Waals surface area contributed by atoms with Crippen LogP contribution >= 0.6 is 0 Å². The van der Waals surface area contributed by atoms with Crippen LogP contribution in [-0.4, -0.2) is 30.9 Å². The molecule has 0 aromatic carbocycles. The number of rotatable bonds is 4. The summed E-state index contributed by atoms with van der Waals surface area (Å²) in [5.41, 5.74) is 7.80. The Hall–Kier alpha value is -3.29. The van der Waals surface area contributed by atoms with E-state index in [1.807, 2.05) is 13.0 Å². The number of amides is 1. The van der Waals surface area contributed by atoms with Crippen molar-refractivity contribution in [2.75, 3.05) is 5.32 Å². The predicted octanol–water partition coefficient (Wildman–Crippen LogP) is 1.21. The number of hydrogen-bond acceptors (Lipinski definition) is 6. The van der Waals surface area contributed by atoms with Crippen LogP contribution in [-0.2, 0) is 0 Å². The van der Waals surface area contributed by atoms with E-state index in [1.165, 1.54) is 4.80 Å². The van der Waals surface area contributed by atoms with Crippen LogP contribution < -0.4 is 11.1 Å². The Balaban J connectivity index is 1.97. The molecule has 3 rings (SSSR count). The molecule has 3 N–H and O–H groups in total. The molecule has 0 radical (unpaired) electrons. The van der Waals surface area contributed by atoms with Crippen LogP contribution in [0.4, 0.5) is 11.5 Å². The van der Waals surface area contributed by atoms with Crippen LogP contribution in [0.2, 0.25) is 0 Å². The number of nitrogens with one attached hydrogen (secondary N) is 1. The predicted molar refractivity (Wildman–Crippen MR) is 79.9 cm³/mol. The van der Waals surface area contributed by atoms with Crippen molar-refractivity contribution in [2.45, 2.75) is 6.92 Å². The molecule has 0 bridgehead atoms. The maximum absolute atomic E-state index is 11.4. The first-order chi connectivity index (χ1) is 10.6.